The van der Waals surface area contributed by atoms with Crippen LogP contribution in [-0.2, 0) is 15.1 Å². The van der Waals surface area contributed by atoms with Gasteiger partial charge in [-0.1, -0.05) is 30.3 Å². The summed E-state index contributed by atoms with van der Waals surface area (Å²) in [5, 5.41) is 3.60. The molecule has 0 spiro atoms. The summed E-state index contributed by atoms with van der Waals surface area (Å²) in [4.78, 5) is 10.5. The highest BCUT2D eigenvalue weighted by atomic mass is 16.5. The lowest BCUT2D eigenvalue weighted by atomic mass is 9.64. The van der Waals surface area contributed by atoms with Gasteiger partial charge in [-0.25, -0.2) is 0 Å². The molecule has 0 amide bonds. The number of rotatable bonds is 7. The van der Waals surface area contributed by atoms with Crippen molar-refractivity contribution >= 4 is 18.0 Å². The van der Waals surface area contributed by atoms with Gasteiger partial charge in [0.05, 0.1) is 19.3 Å². The molecule has 3 aliphatic rings. The van der Waals surface area contributed by atoms with Crippen molar-refractivity contribution in [1.82, 2.24) is 0 Å². The van der Waals surface area contributed by atoms with Gasteiger partial charge in [-0.05, 0) is 67.2 Å². The Bertz CT molecular complexity index is 832. The van der Waals surface area contributed by atoms with Crippen molar-refractivity contribution in [2.24, 2.45) is 5.41 Å². The molecule has 2 aromatic carbocycles. The first-order valence-corrected chi connectivity index (χ1v) is 9.91. The second-order valence-corrected chi connectivity index (χ2v) is 7.99. The monoisotopic (exact) mass is 377 g/mol. The van der Waals surface area contributed by atoms with Crippen molar-refractivity contribution in [3.8, 4) is 5.75 Å². The Morgan fingerprint density at radius 3 is 2.54 bits per heavy atom. The van der Waals surface area contributed by atoms with Gasteiger partial charge < -0.3 is 14.8 Å². The zero-order valence-corrected chi connectivity index (χ0v) is 16.3. The summed E-state index contributed by atoms with van der Waals surface area (Å²) in [6, 6.07) is 16.5. The lowest BCUT2D eigenvalue weighted by Crippen LogP contribution is -2.51. The molecule has 3 fully saturated rings. The van der Waals surface area contributed by atoms with Crippen LogP contribution < -0.4 is 10.1 Å². The standard InChI is InChI=1S/C24H27NO3/c1-27-22-9-7-20(8-10-22)24-13-11-23(12-14-24,18-28-24)17-25-21-6-2-4-19(16-21)5-3-15-26/h2-10,15-16,25H,11-14,17-18H2,1H3/b5-3+. The molecule has 4 heteroatoms. The molecule has 4 nitrogen and oxygen atoms in total. The van der Waals surface area contributed by atoms with Crippen LogP contribution in [0.2, 0.25) is 0 Å². The first kappa shape index (κ1) is 18.8. The minimum Gasteiger partial charge on any atom is -0.497 e. The summed E-state index contributed by atoms with van der Waals surface area (Å²) in [5.74, 6) is 0.885. The fourth-order valence-electron chi connectivity index (χ4n) is 4.45. The highest BCUT2D eigenvalue weighted by Crippen LogP contribution is 2.53. The maximum atomic E-state index is 10.5. The van der Waals surface area contributed by atoms with Crippen molar-refractivity contribution in [2.45, 2.75) is 31.3 Å². The summed E-state index contributed by atoms with van der Waals surface area (Å²) in [7, 11) is 1.70. The maximum absolute atomic E-state index is 10.5. The number of carbonyl (C=O) groups excluding carboxylic acids is 1. The Morgan fingerprint density at radius 1 is 1.11 bits per heavy atom. The molecule has 146 valence electrons. The number of methoxy groups -OCH3 is 1. The lowest BCUT2D eigenvalue weighted by Gasteiger charge is -2.53. The molecule has 0 radical (unpaired) electrons. The van der Waals surface area contributed by atoms with Gasteiger partial charge in [-0.3, -0.25) is 4.79 Å². The van der Waals surface area contributed by atoms with Crippen LogP contribution in [0.1, 0.15) is 36.8 Å². The molecule has 2 aromatic rings. The quantitative estimate of drug-likeness (QED) is 0.556. The van der Waals surface area contributed by atoms with Crippen molar-refractivity contribution in [3.63, 3.8) is 0 Å². The number of carbonyl (C=O) groups is 1. The third-order valence-corrected chi connectivity index (χ3v) is 6.31. The zero-order chi connectivity index (χ0) is 19.5. The van der Waals surface area contributed by atoms with E-state index in [4.69, 9.17) is 9.47 Å². The normalized spacial score (nSPS) is 26.3. The third-order valence-electron chi connectivity index (χ3n) is 6.31. The van der Waals surface area contributed by atoms with E-state index in [1.54, 1.807) is 7.11 Å². The van der Waals surface area contributed by atoms with E-state index in [2.05, 4.69) is 29.6 Å². The molecule has 2 saturated heterocycles. The van der Waals surface area contributed by atoms with Crippen molar-refractivity contribution < 1.29 is 14.3 Å². The van der Waals surface area contributed by atoms with Gasteiger partial charge in [-0.15, -0.1) is 0 Å². The van der Waals surface area contributed by atoms with Gasteiger partial charge in [0.25, 0.3) is 0 Å². The van der Waals surface area contributed by atoms with Gasteiger partial charge in [0.15, 0.2) is 0 Å². The highest BCUT2D eigenvalue weighted by molar-refractivity contribution is 5.74. The molecule has 1 saturated carbocycles. The lowest BCUT2D eigenvalue weighted by molar-refractivity contribution is -0.185. The predicted molar refractivity (Wildman–Crippen MR) is 112 cm³/mol. The molecule has 1 N–H and O–H groups in total. The molecule has 2 bridgehead atoms. The van der Waals surface area contributed by atoms with Crippen LogP contribution in [0.4, 0.5) is 5.69 Å². The Balaban J connectivity index is 1.40. The van der Waals surface area contributed by atoms with E-state index in [1.165, 1.54) is 11.6 Å². The molecule has 0 aromatic heterocycles. The van der Waals surface area contributed by atoms with Crippen LogP contribution in [0.25, 0.3) is 6.08 Å². The number of anilines is 1. The highest BCUT2D eigenvalue weighted by Gasteiger charge is 2.50. The van der Waals surface area contributed by atoms with Crippen molar-refractivity contribution in [3.05, 3.63) is 65.7 Å². The molecule has 5 rings (SSSR count). The predicted octanol–water partition coefficient (Wildman–Crippen LogP) is 4.81. The smallest absolute Gasteiger partial charge is 0.142 e. The summed E-state index contributed by atoms with van der Waals surface area (Å²) < 4.78 is 11.7. The van der Waals surface area contributed by atoms with Gasteiger partial charge in [0.1, 0.15) is 12.0 Å². The Morgan fingerprint density at radius 2 is 1.89 bits per heavy atom. The largest absolute Gasteiger partial charge is 0.497 e. The molecule has 0 atom stereocenters. The fraction of sp³-hybridized carbons (Fsp3) is 0.375. The summed E-state index contributed by atoms with van der Waals surface area (Å²) in [6.07, 6.45) is 8.59. The van der Waals surface area contributed by atoms with E-state index >= 15 is 0 Å². The molecule has 0 unspecified atom stereocenters. The molecule has 1 aliphatic carbocycles. The number of nitrogens with one attached hydrogen (secondary N) is 1. The van der Waals surface area contributed by atoms with Crippen molar-refractivity contribution in [2.75, 3.05) is 25.6 Å². The van der Waals surface area contributed by atoms with E-state index in [-0.39, 0.29) is 11.0 Å². The van der Waals surface area contributed by atoms with Crippen LogP contribution in [0.15, 0.2) is 54.6 Å². The van der Waals surface area contributed by atoms with Crippen LogP contribution in [0.5, 0.6) is 5.75 Å². The summed E-state index contributed by atoms with van der Waals surface area (Å²) in [5.41, 5.74) is 3.44. The Hall–Kier alpha value is -2.59. The fourth-order valence-corrected chi connectivity index (χ4v) is 4.45. The second-order valence-electron chi connectivity index (χ2n) is 7.99. The average Bonchev–Trinajstić information content (AvgIpc) is 2.78. The SMILES string of the molecule is COc1ccc(C23CCC(CNc4cccc(/C=C/C=O)c4)(CC2)CO3)cc1. The number of hydrogen-bond acceptors (Lipinski definition) is 4. The maximum Gasteiger partial charge on any atom is 0.142 e. The van der Waals surface area contributed by atoms with Crippen LogP contribution in [0.3, 0.4) is 0 Å². The second kappa shape index (κ2) is 7.80. The Labute approximate surface area is 166 Å². The van der Waals surface area contributed by atoms with E-state index in [0.29, 0.717) is 0 Å². The molecule has 2 aliphatic heterocycles. The number of benzene rings is 2. The average molecular weight is 377 g/mol. The number of aldehydes is 1. The molecular formula is C24H27NO3. The molecule has 2 heterocycles. The van der Waals surface area contributed by atoms with Gasteiger partial charge in [0, 0.05) is 17.6 Å². The van der Waals surface area contributed by atoms with E-state index in [1.807, 2.05) is 30.3 Å². The summed E-state index contributed by atoms with van der Waals surface area (Å²) >= 11 is 0. The number of hydrogen-bond donors (Lipinski definition) is 1. The molecular weight excluding hydrogens is 350 g/mol. The topological polar surface area (TPSA) is 47.6 Å². The van der Waals surface area contributed by atoms with Crippen LogP contribution in [0, 0.1) is 5.41 Å². The van der Waals surface area contributed by atoms with Gasteiger partial charge >= 0.3 is 0 Å². The first-order valence-electron chi connectivity index (χ1n) is 9.91. The van der Waals surface area contributed by atoms with E-state index in [9.17, 15) is 4.79 Å². The van der Waals surface area contributed by atoms with E-state index in [0.717, 1.165) is 62.1 Å². The minimum absolute atomic E-state index is 0.131. The number of ether oxygens (including phenoxy) is 2. The third kappa shape index (κ3) is 3.69. The molecule has 28 heavy (non-hydrogen) atoms. The number of allylic oxidation sites excluding steroid dienone is 1. The summed E-state index contributed by atoms with van der Waals surface area (Å²) in [6.45, 7) is 1.70. The van der Waals surface area contributed by atoms with E-state index < -0.39 is 0 Å². The van der Waals surface area contributed by atoms with Crippen molar-refractivity contribution in [1.29, 1.82) is 0 Å². The zero-order valence-electron chi connectivity index (χ0n) is 16.3. The van der Waals surface area contributed by atoms with Crippen LogP contribution in [-0.4, -0.2) is 26.5 Å². The first-order chi connectivity index (χ1) is 13.7. The Kier molecular flexibility index (Phi) is 5.23. The van der Waals surface area contributed by atoms with Gasteiger partial charge in [0.2, 0.25) is 0 Å². The minimum atomic E-state index is -0.131. The van der Waals surface area contributed by atoms with Gasteiger partial charge in [-0.2, -0.15) is 0 Å². The number of fused-ring (bicyclic) bond motifs is 3. The van der Waals surface area contributed by atoms with Crippen LogP contribution >= 0.6 is 0 Å².